The van der Waals surface area contributed by atoms with Crippen molar-refractivity contribution in [3.05, 3.63) is 58.6 Å². The maximum absolute atomic E-state index is 13.8. The monoisotopic (exact) mass is 361 g/mol. The molecule has 1 aromatic carbocycles. The highest BCUT2D eigenvalue weighted by molar-refractivity contribution is 6.03. The van der Waals surface area contributed by atoms with Crippen LogP contribution in [0.25, 0.3) is 0 Å². The Kier molecular flexibility index (Phi) is 5.19. The van der Waals surface area contributed by atoms with Gasteiger partial charge in [-0.25, -0.2) is 9.18 Å². The molecule has 2 aromatic rings. The van der Waals surface area contributed by atoms with Crippen molar-refractivity contribution in [1.82, 2.24) is 9.55 Å². The van der Waals surface area contributed by atoms with Crippen molar-refractivity contribution < 1.29 is 23.8 Å². The van der Waals surface area contributed by atoms with Crippen molar-refractivity contribution >= 4 is 17.5 Å². The zero-order chi connectivity index (χ0) is 18.7. The van der Waals surface area contributed by atoms with E-state index in [4.69, 9.17) is 9.84 Å². The van der Waals surface area contributed by atoms with Gasteiger partial charge in [-0.05, 0) is 18.2 Å². The molecule has 1 amide bonds. The summed E-state index contributed by atoms with van der Waals surface area (Å²) < 4.78 is 20.1. The summed E-state index contributed by atoms with van der Waals surface area (Å²) in [6.07, 6.45) is -3.30. The molecular formula is C17H16FN3O5. The molecule has 1 saturated heterocycles. The van der Waals surface area contributed by atoms with Gasteiger partial charge >= 0.3 is 5.69 Å². The number of hydrogen-bond acceptors (Lipinski definition) is 6. The first kappa shape index (κ1) is 17.9. The molecule has 0 saturated carbocycles. The third-order valence-electron chi connectivity index (χ3n) is 3.94. The number of hydrogen-bond donors (Lipinski definition) is 2. The average molecular weight is 361 g/mol. The number of Topliss-reactive ketones (excluding diaryl/α,β-unsaturated/α-hetero) is 1. The lowest BCUT2D eigenvalue weighted by atomic mass is 10.0. The van der Waals surface area contributed by atoms with Crippen LogP contribution in [-0.4, -0.2) is 45.2 Å². The molecule has 2 N–H and O–H groups in total. The quantitative estimate of drug-likeness (QED) is 0.829. The molecule has 136 valence electrons. The minimum absolute atomic E-state index is 0.0301. The first-order valence-corrected chi connectivity index (χ1v) is 7.89. The zero-order valence-corrected chi connectivity index (χ0v) is 13.5. The van der Waals surface area contributed by atoms with Crippen molar-refractivity contribution in [3.8, 4) is 0 Å². The lowest BCUT2D eigenvalue weighted by molar-refractivity contribution is -0.165. The van der Waals surface area contributed by atoms with Gasteiger partial charge in [-0.1, -0.05) is 18.2 Å². The van der Waals surface area contributed by atoms with E-state index in [1.807, 2.05) is 0 Å². The molecule has 26 heavy (non-hydrogen) atoms. The van der Waals surface area contributed by atoms with Crippen molar-refractivity contribution in [2.24, 2.45) is 0 Å². The number of nitrogens with zero attached hydrogens (tertiary/aromatic N) is 2. The Morgan fingerprint density at radius 1 is 1.31 bits per heavy atom. The van der Waals surface area contributed by atoms with Gasteiger partial charge in [-0.2, -0.15) is 4.98 Å². The predicted molar refractivity (Wildman–Crippen MR) is 88.4 cm³/mol. The molecule has 1 fully saturated rings. The van der Waals surface area contributed by atoms with Gasteiger partial charge in [0.2, 0.25) is 0 Å². The molecule has 0 unspecified atom stereocenters. The fourth-order valence-corrected chi connectivity index (χ4v) is 2.60. The fraction of sp³-hybridized carbons (Fsp3) is 0.294. The SMILES string of the molecule is O=C(Nc1ccn([C@H]2C[C@@H](F)C(=O)[C@@H](CO)O2)c(=O)n1)c1ccccc1. The number of carbonyl (C=O) groups excluding carboxylic acids is 2. The van der Waals surface area contributed by atoms with E-state index < -0.39 is 42.5 Å². The molecule has 0 aliphatic carbocycles. The van der Waals surface area contributed by atoms with E-state index in [2.05, 4.69) is 10.3 Å². The molecule has 9 heteroatoms. The highest BCUT2D eigenvalue weighted by Crippen LogP contribution is 2.25. The molecule has 8 nitrogen and oxygen atoms in total. The second-order valence-corrected chi connectivity index (χ2v) is 5.69. The second kappa shape index (κ2) is 7.54. The van der Waals surface area contributed by atoms with Crippen molar-refractivity contribution in [2.45, 2.75) is 24.9 Å². The Morgan fingerprint density at radius 2 is 2.04 bits per heavy atom. The number of amides is 1. The normalized spacial score (nSPS) is 22.8. The molecule has 0 spiro atoms. The smallest absolute Gasteiger partial charge is 0.351 e. The van der Waals surface area contributed by atoms with Crippen LogP contribution in [0.4, 0.5) is 10.2 Å². The molecule has 1 aromatic heterocycles. The maximum atomic E-state index is 13.8. The van der Waals surface area contributed by atoms with E-state index in [0.29, 0.717) is 5.56 Å². The summed E-state index contributed by atoms with van der Waals surface area (Å²) >= 11 is 0. The minimum Gasteiger partial charge on any atom is -0.393 e. The summed E-state index contributed by atoms with van der Waals surface area (Å²) in [5.41, 5.74) is -0.377. The van der Waals surface area contributed by atoms with E-state index in [1.165, 1.54) is 12.3 Å². The highest BCUT2D eigenvalue weighted by Gasteiger charge is 2.38. The van der Waals surface area contributed by atoms with Crippen LogP contribution in [0, 0.1) is 0 Å². The summed E-state index contributed by atoms with van der Waals surface area (Å²) in [7, 11) is 0. The van der Waals surface area contributed by atoms with Gasteiger partial charge in [0, 0.05) is 18.2 Å². The van der Waals surface area contributed by atoms with Crippen LogP contribution in [0.5, 0.6) is 0 Å². The molecule has 1 aliphatic rings. The number of aliphatic hydroxyl groups is 1. The standard InChI is InChI=1S/C17H16FN3O5/c18-11-8-14(26-12(9-22)15(11)23)21-7-6-13(20-17(21)25)19-16(24)10-4-2-1-3-5-10/h1-7,11-12,14,22H,8-9H2,(H,19,20,24,25)/t11-,12-,14-/m1/s1. The summed E-state index contributed by atoms with van der Waals surface area (Å²) in [6, 6.07) is 9.76. The van der Waals surface area contributed by atoms with Gasteiger partial charge in [-0.15, -0.1) is 0 Å². The third kappa shape index (κ3) is 3.68. The van der Waals surface area contributed by atoms with E-state index in [1.54, 1.807) is 30.3 Å². The van der Waals surface area contributed by atoms with Crippen molar-refractivity contribution in [2.75, 3.05) is 11.9 Å². The van der Waals surface area contributed by atoms with Crippen LogP contribution in [0.2, 0.25) is 0 Å². The highest BCUT2D eigenvalue weighted by atomic mass is 19.1. The summed E-state index contributed by atoms with van der Waals surface area (Å²) in [5, 5.41) is 11.6. The first-order chi connectivity index (χ1) is 12.5. The van der Waals surface area contributed by atoms with Gasteiger partial charge in [0.25, 0.3) is 5.91 Å². The number of alkyl halides is 1. The molecule has 3 atom stereocenters. The predicted octanol–water partition coefficient (Wildman–Crippen LogP) is 0.683. The zero-order valence-electron chi connectivity index (χ0n) is 13.5. The van der Waals surface area contributed by atoms with E-state index in [0.717, 1.165) is 4.57 Å². The average Bonchev–Trinajstić information content (AvgIpc) is 2.65. The molecule has 2 heterocycles. The molecule has 1 aliphatic heterocycles. The Labute approximate surface area is 147 Å². The van der Waals surface area contributed by atoms with Gasteiger partial charge in [-0.3, -0.25) is 14.2 Å². The first-order valence-electron chi connectivity index (χ1n) is 7.89. The number of rotatable bonds is 4. The number of nitrogens with one attached hydrogen (secondary N) is 1. The van der Waals surface area contributed by atoms with Crippen LogP contribution in [0.1, 0.15) is 23.0 Å². The number of carbonyl (C=O) groups is 2. The number of benzene rings is 1. The summed E-state index contributed by atoms with van der Waals surface area (Å²) in [4.78, 5) is 39.5. The third-order valence-corrected chi connectivity index (χ3v) is 3.94. The van der Waals surface area contributed by atoms with Crippen LogP contribution in [0.15, 0.2) is 47.4 Å². The Hall–Kier alpha value is -2.91. The maximum Gasteiger partial charge on any atom is 0.351 e. The number of halogens is 1. The van der Waals surface area contributed by atoms with E-state index >= 15 is 0 Å². The number of ketones is 1. The van der Waals surface area contributed by atoms with Crippen molar-refractivity contribution in [3.63, 3.8) is 0 Å². The lowest BCUT2D eigenvalue weighted by Crippen LogP contribution is -2.45. The molecule has 0 bridgehead atoms. The van der Waals surface area contributed by atoms with Gasteiger partial charge in [0.15, 0.2) is 12.0 Å². The Balaban J connectivity index is 1.77. The Bertz CT molecular complexity index is 870. The summed E-state index contributed by atoms with van der Waals surface area (Å²) in [6.45, 7) is -0.677. The number of aromatic nitrogens is 2. The number of anilines is 1. The second-order valence-electron chi connectivity index (χ2n) is 5.69. The van der Waals surface area contributed by atoms with Crippen molar-refractivity contribution in [1.29, 1.82) is 0 Å². The van der Waals surface area contributed by atoms with Crippen LogP contribution in [-0.2, 0) is 9.53 Å². The minimum atomic E-state index is -1.84. The fourth-order valence-electron chi connectivity index (χ4n) is 2.60. The van der Waals surface area contributed by atoms with E-state index in [9.17, 15) is 18.8 Å². The molecule has 0 radical (unpaired) electrons. The molecule has 3 rings (SSSR count). The number of aliphatic hydroxyl groups excluding tert-OH is 1. The van der Waals surface area contributed by atoms with Crippen LogP contribution in [0.3, 0.4) is 0 Å². The molecular weight excluding hydrogens is 345 g/mol. The lowest BCUT2D eigenvalue weighted by Gasteiger charge is -2.30. The van der Waals surface area contributed by atoms with Gasteiger partial charge in [0.05, 0.1) is 6.61 Å². The summed E-state index contributed by atoms with van der Waals surface area (Å²) in [5.74, 6) is -1.25. The van der Waals surface area contributed by atoms with Gasteiger partial charge in [0.1, 0.15) is 18.1 Å². The largest absolute Gasteiger partial charge is 0.393 e. The van der Waals surface area contributed by atoms with E-state index in [-0.39, 0.29) is 12.2 Å². The van der Waals surface area contributed by atoms with Gasteiger partial charge < -0.3 is 15.2 Å². The van der Waals surface area contributed by atoms with Crippen LogP contribution >= 0.6 is 0 Å². The van der Waals surface area contributed by atoms with Crippen LogP contribution < -0.4 is 11.0 Å². The Morgan fingerprint density at radius 3 is 2.69 bits per heavy atom. The number of ether oxygens (including phenoxy) is 1. The topological polar surface area (TPSA) is 111 Å².